The van der Waals surface area contributed by atoms with E-state index in [0.717, 1.165) is 0 Å². The first kappa shape index (κ1) is 9.71. The van der Waals surface area contributed by atoms with Gasteiger partial charge in [-0.05, 0) is 13.8 Å². The van der Waals surface area contributed by atoms with Crippen LogP contribution in [-0.4, -0.2) is 23.7 Å². The minimum Gasteiger partial charge on any atom is -0.361 e. The van der Waals surface area contributed by atoms with E-state index in [1.165, 1.54) is 13.8 Å². The minimum absolute atomic E-state index is 0.628. The Morgan fingerprint density at radius 1 is 1.30 bits per heavy atom. The van der Waals surface area contributed by atoms with Crippen LogP contribution in [0.25, 0.3) is 0 Å². The molecule has 0 amide bonds. The zero-order chi connectivity index (χ0) is 8.36. The molecular formula is C5H9F3O2. The van der Waals surface area contributed by atoms with Gasteiger partial charge in [0.05, 0.1) is 6.10 Å². The number of aliphatic hydroxyl groups excluding tert-OH is 1. The van der Waals surface area contributed by atoms with E-state index in [-0.39, 0.29) is 0 Å². The van der Waals surface area contributed by atoms with Crippen LogP contribution >= 0.6 is 0 Å². The standard InChI is InChI=1S/C5H9F3O2/c1-3(2)10-4(9)5(6,7)8/h3-4,9H,1-2H3/t4-/m1/s1. The fourth-order valence-corrected chi connectivity index (χ4v) is 0.335. The molecule has 62 valence electrons. The number of halogens is 3. The molecule has 0 saturated carbocycles. The quantitative estimate of drug-likeness (QED) is 0.613. The summed E-state index contributed by atoms with van der Waals surface area (Å²) in [7, 11) is 0. The van der Waals surface area contributed by atoms with E-state index in [1.54, 1.807) is 0 Å². The summed E-state index contributed by atoms with van der Waals surface area (Å²) in [5, 5.41) is 8.21. The lowest BCUT2D eigenvalue weighted by molar-refractivity contribution is -0.302. The van der Waals surface area contributed by atoms with Gasteiger partial charge in [0.25, 0.3) is 6.29 Å². The first-order chi connectivity index (χ1) is 4.34. The van der Waals surface area contributed by atoms with Crippen LogP contribution in [0.1, 0.15) is 13.8 Å². The van der Waals surface area contributed by atoms with Crippen LogP contribution in [0.5, 0.6) is 0 Å². The first-order valence-corrected chi connectivity index (χ1v) is 2.74. The molecule has 0 aromatic heterocycles. The highest BCUT2D eigenvalue weighted by Crippen LogP contribution is 2.21. The van der Waals surface area contributed by atoms with E-state index in [1.807, 2.05) is 0 Å². The Morgan fingerprint density at radius 2 is 1.70 bits per heavy atom. The van der Waals surface area contributed by atoms with Gasteiger partial charge in [-0.3, -0.25) is 0 Å². The van der Waals surface area contributed by atoms with Gasteiger partial charge in [0.2, 0.25) is 0 Å². The van der Waals surface area contributed by atoms with Gasteiger partial charge in [-0.2, -0.15) is 13.2 Å². The molecule has 1 atom stereocenters. The van der Waals surface area contributed by atoms with Gasteiger partial charge in [-0.1, -0.05) is 0 Å². The highest BCUT2D eigenvalue weighted by Gasteiger charge is 2.39. The average molecular weight is 158 g/mol. The van der Waals surface area contributed by atoms with Crippen LogP contribution in [0, 0.1) is 0 Å². The molecule has 0 aliphatic carbocycles. The van der Waals surface area contributed by atoms with E-state index in [9.17, 15) is 13.2 Å². The lowest BCUT2D eigenvalue weighted by Crippen LogP contribution is -2.33. The molecule has 2 nitrogen and oxygen atoms in total. The summed E-state index contributed by atoms with van der Waals surface area (Å²) >= 11 is 0. The summed E-state index contributed by atoms with van der Waals surface area (Å²) in [5.41, 5.74) is 0. The van der Waals surface area contributed by atoms with Gasteiger partial charge in [0, 0.05) is 0 Å². The van der Waals surface area contributed by atoms with Crippen molar-refractivity contribution < 1.29 is 23.0 Å². The van der Waals surface area contributed by atoms with Crippen LogP contribution in [0.4, 0.5) is 13.2 Å². The van der Waals surface area contributed by atoms with Gasteiger partial charge in [-0.15, -0.1) is 0 Å². The smallest absolute Gasteiger partial charge is 0.361 e. The average Bonchev–Trinajstić information content (AvgIpc) is 1.60. The monoisotopic (exact) mass is 158 g/mol. The van der Waals surface area contributed by atoms with E-state index in [0.29, 0.717) is 0 Å². The molecule has 0 aliphatic heterocycles. The number of ether oxygens (including phenoxy) is 1. The highest BCUT2D eigenvalue weighted by molar-refractivity contribution is 4.54. The molecule has 0 heterocycles. The number of hydrogen-bond donors (Lipinski definition) is 1. The van der Waals surface area contributed by atoms with E-state index in [2.05, 4.69) is 4.74 Å². The zero-order valence-corrected chi connectivity index (χ0v) is 5.64. The van der Waals surface area contributed by atoms with Gasteiger partial charge in [0.1, 0.15) is 0 Å². The molecule has 10 heavy (non-hydrogen) atoms. The van der Waals surface area contributed by atoms with Crippen molar-refractivity contribution in [3.05, 3.63) is 0 Å². The molecule has 0 bridgehead atoms. The van der Waals surface area contributed by atoms with Crippen molar-refractivity contribution in [1.29, 1.82) is 0 Å². The van der Waals surface area contributed by atoms with Crippen LogP contribution < -0.4 is 0 Å². The van der Waals surface area contributed by atoms with Gasteiger partial charge in [-0.25, -0.2) is 0 Å². The molecular weight excluding hydrogens is 149 g/mol. The predicted molar refractivity (Wildman–Crippen MR) is 28.3 cm³/mol. The van der Waals surface area contributed by atoms with Gasteiger partial charge in [0.15, 0.2) is 0 Å². The third-order valence-corrected chi connectivity index (χ3v) is 0.681. The maximum absolute atomic E-state index is 11.4. The third-order valence-electron chi connectivity index (χ3n) is 0.681. The van der Waals surface area contributed by atoms with E-state index >= 15 is 0 Å². The summed E-state index contributed by atoms with van der Waals surface area (Å²) in [4.78, 5) is 0. The van der Waals surface area contributed by atoms with Gasteiger partial charge >= 0.3 is 6.18 Å². The van der Waals surface area contributed by atoms with Crippen molar-refractivity contribution in [2.24, 2.45) is 0 Å². The third kappa shape index (κ3) is 3.68. The van der Waals surface area contributed by atoms with Crippen molar-refractivity contribution >= 4 is 0 Å². The molecule has 0 aromatic carbocycles. The van der Waals surface area contributed by atoms with Crippen molar-refractivity contribution in [3.63, 3.8) is 0 Å². The molecule has 0 rings (SSSR count). The normalized spacial score (nSPS) is 15.9. The maximum Gasteiger partial charge on any atom is 0.439 e. The Labute approximate surface area is 56.6 Å². The van der Waals surface area contributed by atoms with Crippen LogP contribution in [0.2, 0.25) is 0 Å². The molecule has 5 heteroatoms. The molecule has 0 aromatic rings. The van der Waals surface area contributed by atoms with Crippen LogP contribution in [0.15, 0.2) is 0 Å². The van der Waals surface area contributed by atoms with Crippen LogP contribution in [-0.2, 0) is 4.74 Å². The second-order valence-corrected chi connectivity index (χ2v) is 2.08. The van der Waals surface area contributed by atoms with Crippen molar-refractivity contribution in [2.45, 2.75) is 32.4 Å². The lowest BCUT2D eigenvalue weighted by Gasteiger charge is -2.16. The number of rotatable bonds is 2. The second-order valence-electron chi connectivity index (χ2n) is 2.08. The molecule has 0 unspecified atom stereocenters. The molecule has 0 fully saturated rings. The predicted octanol–water partition coefficient (Wildman–Crippen LogP) is 1.29. The Hall–Kier alpha value is -0.290. The summed E-state index contributed by atoms with van der Waals surface area (Å²) < 4.78 is 38.3. The van der Waals surface area contributed by atoms with Crippen molar-refractivity contribution in [2.75, 3.05) is 0 Å². The molecule has 0 saturated heterocycles. The number of aliphatic hydroxyl groups is 1. The second kappa shape index (κ2) is 3.21. The Bertz CT molecular complexity index is 99.6. The van der Waals surface area contributed by atoms with Gasteiger partial charge < -0.3 is 9.84 Å². The Kier molecular flexibility index (Phi) is 3.11. The summed E-state index contributed by atoms with van der Waals surface area (Å²) in [6.45, 7) is 2.82. The summed E-state index contributed by atoms with van der Waals surface area (Å²) in [5.74, 6) is 0. The molecule has 0 spiro atoms. The lowest BCUT2D eigenvalue weighted by atomic mass is 10.5. The van der Waals surface area contributed by atoms with Crippen molar-refractivity contribution in [1.82, 2.24) is 0 Å². The Morgan fingerprint density at radius 3 is 1.80 bits per heavy atom. The molecule has 0 aliphatic rings. The topological polar surface area (TPSA) is 29.5 Å². The van der Waals surface area contributed by atoms with Crippen LogP contribution in [0.3, 0.4) is 0 Å². The largest absolute Gasteiger partial charge is 0.439 e. The highest BCUT2D eigenvalue weighted by atomic mass is 19.4. The zero-order valence-electron chi connectivity index (χ0n) is 5.64. The Balaban J connectivity index is 3.73. The van der Waals surface area contributed by atoms with Crippen molar-refractivity contribution in [3.8, 4) is 0 Å². The first-order valence-electron chi connectivity index (χ1n) is 2.74. The molecule has 0 radical (unpaired) electrons. The summed E-state index contributed by atoms with van der Waals surface area (Å²) in [6, 6.07) is 0. The SMILES string of the molecule is CC(C)O[C@@H](O)C(F)(F)F. The number of alkyl halides is 3. The van der Waals surface area contributed by atoms with E-state index in [4.69, 9.17) is 5.11 Å². The molecule has 1 N–H and O–H groups in total. The summed E-state index contributed by atoms with van der Waals surface area (Å²) in [6.07, 6.45) is -7.96. The fourth-order valence-electron chi connectivity index (χ4n) is 0.335. The number of hydrogen-bond acceptors (Lipinski definition) is 2. The fraction of sp³-hybridized carbons (Fsp3) is 1.00. The maximum atomic E-state index is 11.4. The minimum atomic E-state index is -4.68. The van der Waals surface area contributed by atoms with E-state index < -0.39 is 18.6 Å².